The van der Waals surface area contributed by atoms with E-state index in [1.54, 1.807) is 0 Å². The number of aliphatic hydroxyl groups is 1. The van der Waals surface area contributed by atoms with Gasteiger partial charge in [-0.05, 0) is 43.5 Å². The van der Waals surface area contributed by atoms with Crippen LogP contribution in [-0.2, 0) is 9.47 Å². The minimum atomic E-state index is -0.609. The van der Waals surface area contributed by atoms with E-state index < -0.39 is 6.10 Å². The summed E-state index contributed by atoms with van der Waals surface area (Å²) in [6.45, 7) is 4.04. The fourth-order valence-electron chi connectivity index (χ4n) is 2.04. The minimum Gasteiger partial charge on any atom is -0.491 e. The summed E-state index contributed by atoms with van der Waals surface area (Å²) < 4.78 is 17.5. The molecule has 0 bridgehead atoms. The van der Waals surface area contributed by atoms with E-state index in [1.165, 1.54) is 0 Å². The van der Waals surface area contributed by atoms with Gasteiger partial charge in [-0.3, -0.25) is 0 Å². The number of halogens is 1. The maximum atomic E-state index is 9.87. The summed E-state index contributed by atoms with van der Waals surface area (Å²) in [7, 11) is 0. The molecule has 0 spiro atoms. The molecular formula is C15H21BrO4. The molecule has 0 aromatic heterocycles. The molecule has 1 saturated heterocycles. The second kappa shape index (κ2) is 7.98. The second-order valence-electron chi connectivity index (χ2n) is 5.02. The maximum Gasteiger partial charge on any atom is 0.119 e. The van der Waals surface area contributed by atoms with Crippen molar-refractivity contribution in [2.75, 3.05) is 26.4 Å². The van der Waals surface area contributed by atoms with Crippen molar-refractivity contribution in [1.82, 2.24) is 0 Å². The van der Waals surface area contributed by atoms with Crippen molar-refractivity contribution in [3.8, 4) is 5.75 Å². The fourth-order valence-corrected chi connectivity index (χ4v) is 2.28. The number of aryl methyl sites for hydroxylation is 1. The zero-order chi connectivity index (χ0) is 14.4. The summed E-state index contributed by atoms with van der Waals surface area (Å²) in [4.78, 5) is 0. The van der Waals surface area contributed by atoms with Crippen LogP contribution in [0.15, 0.2) is 22.7 Å². The minimum absolute atomic E-state index is 0.202. The van der Waals surface area contributed by atoms with Gasteiger partial charge in [0.2, 0.25) is 0 Å². The van der Waals surface area contributed by atoms with Crippen molar-refractivity contribution in [3.05, 3.63) is 28.2 Å². The molecule has 0 radical (unpaired) electrons. The molecule has 112 valence electrons. The zero-order valence-corrected chi connectivity index (χ0v) is 13.3. The van der Waals surface area contributed by atoms with E-state index in [4.69, 9.17) is 14.2 Å². The molecule has 1 N–H and O–H groups in total. The van der Waals surface area contributed by atoms with Crippen LogP contribution in [0.3, 0.4) is 0 Å². The van der Waals surface area contributed by atoms with E-state index in [0.717, 1.165) is 41.8 Å². The van der Waals surface area contributed by atoms with E-state index in [1.807, 2.05) is 25.1 Å². The lowest BCUT2D eigenvalue weighted by molar-refractivity contribution is -0.0659. The summed E-state index contributed by atoms with van der Waals surface area (Å²) >= 11 is 3.44. The first kappa shape index (κ1) is 15.8. The van der Waals surface area contributed by atoms with Gasteiger partial charge in [-0.2, -0.15) is 0 Å². The van der Waals surface area contributed by atoms with E-state index >= 15 is 0 Å². The predicted molar refractivity (Wildman–Crippen MR) is 80.2 cm³/mol. The van der Waals surface area contributed by atoms with Gasteiger partial charge < -0.3 is 19.3 Å². The molecule has 0 amide bonds. The Morgan fingerprint density at radius 1 is 1.35 bits per heavy atom. The average molecular weight is 345 g/mol. The van der Waals surface area contributed by atoms with Crippen LogP contribution >= 0.6 is 15.9 Å². The summed E-state index contributed by atoms with van der Waals surface area (Å²) in [6, 6.07) is 5.76. The molecule has 2 rings (SSSR count). The lowest BCUT2D eigenvalue weighted by Crippen LogP contribution is -2.30. The second-order valence-corrected chi connectivity index (χ2v) is 5.88. The van der Waals surface area contributed by atoms with E-state index in [0.29, 0.717) is 6.61 Å². The van der Waals surface area contributed by atoms with Crippen LogP contribution in [0, 0.1) is 6.92 Å². The van der Waals surface area contributed by atoms with Gasteiger partial charge in [0, 0.05) is 17.7 Å². The van der Waals surface area contributed by atoms with Gasteiger partial charge in [0.15, 0.2) is 0 Å². The predicted octanol–water partition coefficient (Wildman–Crippen LogP) is 2.69. The molecule has 0 saturated carbocycles. The Labute approximate surface area is 128 Å². The number of ether oxygens (including phenoxy) is 3. The highest BCUT2D eigenvalue weighted by Gasteiger charge is 2.16. The number of hydrogen-bond donors (Lipinski definition) is 1. The van der Waals surface area contributed by atoms with Gasteiger partial charge >= 0.3 is 0 Å². The van der Waals surface area contributed by atoms with Crippen molar-refractivity contribution in [2.24, 2.45) is 0 Å². The first-order valence-corrected chi connectivity index (χ1v) is 7.71. The summed E-state index contributed by atoms with van der Waals surface area (Å²) in [5.74, 6) is 0.760. The standard InChI is InChI=1S/C15H21BrO4/c1-11-8-14(2-3-15(11)16)20-10-12(17)9-19-13-4-6-18-7-5-13/h2-3,8,12-13,17H,4-7,9-10H2,1H3/t12-/m1/s1. The zero-order valence-electron chi connectivity index (χ0n) is 11.7. The summed E-state index contributed by atoms with van der Waals surface area (Å²) in [6.07, 6.45) is 1.40. The highest BCUT2D eigenvalue weighted by molar-refractivity contribution is 9.10. The summed E-state index contributed by atoms with van der Waals surface area (Å²) in [5, 5.41) is 9.87. The quantitative estimate of drug-likeness (QED) is 0.861. The highest BCUT2D eigenvalue weighted by atomic mass is 79.9. The number of aliphatic hydroxyl groups excluding tert-OH is 1. The van der Waals surface area contributed by atoms with E-state index in [2.05, 4.69) is 15.9 Å². The Bertz CT molecular complexity index is 418. The third-order valence-corrected chi connectivity index (χ3v) is 4.15. The molecule has 1 aromatic rings. The molecule has 5 heteroatoms. The van der Waals surface area contributed by atoms with Crippen LogP contribution in [0.4, 0.5) is 0 Å². The van der Waals surface area contributed by atoms with Crippen LogP contribution in [0.5, 0.6) is 5.75 Å². The van der Waals surface area contributed by atoms with Crippen molar-refractivity contribution < 1.29 is 19.3 Å². The Morgan fingerprint density at radius 3 is 2.80 bits per heavy atom. The molecular weight excluding hydrogens is 324 g/mol. The molecule has 20 heavy (non-hydrogen) atoms. The molecule has 0 unspecified atom stereocenters. The Balaban J connectivity index is 1.68. The third-order valence-electron chi connectivity index (χ3n) is 3.26. The first-order valence-electron chi connectivity index (χ1n) is 6.91. The van der Waals surface area contributed by atoms with Gasteiger partial charge in [-0.1, -0.05) is 15.9 Å². The van der Waals surface area contributed by atoms with Crippen LogP contribution in [0.25, 0.3) is 0 Å². The van der Waals surface area contributed by atoms with Crippen LogP contribution in [0.2, 0.25) is 0 Å². The van der Waals surface area contributed by atoms with E-state index in [-0.39, 0.29) is 12.7 Å². The van der Waals surface area contributed by atoms with Crippen molar-refractivity contribution >= 4 is 15.9 Å². The molecule has 1 fully saturated rings. The number of hydrogen-bond acceptors (Lipinski definition) is 4. The average Bonchev–Trinajstić information content (AvgIpc) is 2.47. The SMILES string of the molecule is Cc1cc(OC[C@H](O)COC2CCOCC2)ccc1Br. The Hall–Kier alpha value is -0.620. The first-order chi connectivity index (χ1) is 9.65. The molecule has 1 heterocycles. The van der Waals surface area contributed by atoms with Crippen molar-refractivity contribution in [3.63, 3.8) is 0 Å². The van der Waals surface area contributed by atoms with Gasteiger partial charge in [0.05, 0.1) is 12.7 Å². The smallest absolute Gasteiger partial charge is 0.119 e. The molecule has 1 atom stereocenters. The highest BCUT2D eigenvalue weighted by Crippen LogP contribution is 2.21. The van der Waals surface area contributed by atoms with Crippen molar-refractivity contribution in [2.45, 2.75) is 32.0 Å². The molecule has 4 nitrogen and oxygen atoms in total. The number of benzene rings is 1. The van der Waals surface area contributed by atoms with Crippen LogP contribution in [0.1, 0.15) is 18.4 Å². The largest absolute Gasteiger partial charge is 0.491 e. The lowest BCUT2D eigenvalue weighted by Gasteiger charge is -2.23. The van der Waals surface area contributed by atoms with Crippen LogP contribution in [-0.4, -0.2) is 43.7 Å². The molecule has 1 aromatic carbocycles. The Morgan fingerprint density at radius 2 is 2.10 bits per heavy atom. The van der Waals surface area contributed by atoms with Crippen LogP contribution < -0.4 is 4.74 Å². The topological polar surface area (TPSA) is 47.9 Å². The van der Waals surface area contributed by atoms with Crippen molar-refractivity contribution in [1.29, 1.82) is 0 Å². The third kappa shape index (κ3) is 5.05. The lowest BCUT2D eigenvalue weighted by atomic mass is 10.1. The fraction of sp³-hybridized carbons (Fsp3) is 0.600. The summed E-state index contributed by atoms with van der Waals surface area (Å²) in [5.41, 5.74) is 1.11. The number of rotatable bonds is 6. The molecule has 1 aliphatic heterocycles. The van der Waals surface area contributed by atoms with Gasteiger partial charge in [0.25, 0.3) is 0 Å². The normalized spacial score (nSPS) is 17.9. The monoisotopic (exact) mass is 344 g/mol. The van der Waals surface area contributed by atoms with Gasteiger partial charge in [-0.25, -0.2) is 0 Å². The van der Waals surface area contributed by atoms with Gasteiger partial charge in [-0.15, -0.1) is 0 Å². The Kier molecular flexibility index (Phi) is 6.29. The van der Waals surface area contributed by atoms with Gasteiger partial charge in [0.1, 0.15) is 18.5 Å². The maximum absolute atomic E-state index is 9.87. The molecule has 1 aliphatic rings. The molecule has 0 aliphatic carbocycles. The van der Waals surface area contributed by atoms with E-state index in [9.17, 15) is 5.11 Å².